The molecule has 5 nitrogen and oxygen atoms in total. The topological polar surface area (TPSA) is 64.0 Å². The number of thiophene rings is 1. The van der Waals surface area contributed by atoms with Crippen molar-refractivity contribution in [3.63, 3.8) is 0 Å². The average molecular weight is 306 g/mol. The van der Waals surface area contributed by atoms with E-state index in [0.29, 0.717) is 23.8 Å². The monoisotopic (exact) mass is 305 g/mol. The van der Waals surface area contributed by atoms with E-state index in [1.54, 1.807) is 16.9 Å². The summed E-state index contributed by atoms with van der Waals surface area (Å²) in [5.74, 6) is 0. The number of aromatic nitrogens is 2. The zero-order chi connectivity index (χ0) is 13.0. The molecule has 8 heteroatoms. The van der Waals surface area contributed by atoms with E-state index >= 15 is 0 Å². The summed E-state index contributed by atoms with van der Waals surface area (Å²) >= 11 is 6.76. The van der Waals surface area contributed by atoms with E-state index < -0.39 is 10.0 Å². The van der Waals surface area contributed by atoms with E-state index in [1.807, 2.05) is 12.3 Å². The molecule has 0 aliphatic heterocycles. The van der Waals surface area contributed by atoms with Gasteiger partial charge >= 0.3 is 0 Å². The van der Waals surface area contributed by atoms with Crippen LogP contribution in [0.2, 0.25) is 4.34 Å². The van der Waals surface area contributed by atoms with Crippen LogP contribution < -0.4 is 4.72 Å². The first-order valence-electron chi connectivity index (χ1n) is 5.30. The number of nitrogens with zero attached hydrogens (tertiary/aromatic N) is 2. The minimum absolute atomic E-state index is 0.242. The number of aryl methyl sites for hydroxylation is 1. The second-order valence-corrected chi connectivity index (χ2v) is 7.29. The van der Waals surface area contributed by atoms with Gasteiger partial charge in [0.25, 0.3) is 0 Å². The smallest absolute Gasteiger partial charge is 0.250 e. The molecule has 2 rings (SSSR count). The predicted octanol–water partition coefficient (Wildman–Crippen LogP) is 1.97. The summed E-state index contributed by atoms with van der Waals surface area (Å²) in [6.07, 6.45) is 4.21. The van der Waals surface area contributed by atoms with Gasteiger partial charge in [-0.15, -0.1) is 11.3 Å². The van der Waals surface area contributed by atoms with Crippen LogP contribution in [0.25, 0.3) is 0 Å². The van der Waals surface area contributed by atoms with Crippen LogP contribution in [-0.4, -0.2) is 24.7 Å². The van der Waals surface area contributed by atoms with Gasteiger partial charge in [0.1, 0.15) is 4.21 Å². The van der Waals surface area contributed by atoms with Crippen LogP contribution in [0.3, 0.4) is 0 Å². The van der Waals surface area contributed by atoms with E-state index in [-0.39, 0.29) is 4.21 Å². The molecule has 18 heavy (non-hydrogen) atoms. The molecular weight excluding hydrogens is 294 g/mol. The number of nitrogens with one attached hydrogen (secondary N) is 1. The lowest BCUT2D eigenvalue weighted by Crippen LogP contribution is -2.24. The number of rotatable bonds is 6. The van der Waals surface area contributed by atoms with Gasteiger partial charge in [0, 0.05) is 25.5 Å². The largest absolute Gasteiger partial charge is 0.273 e. The molecule has 98 valence electrons. The first-order valence-corrected chi connectivity index (χ1v) is 7.98. The average Bonchev–Trinajstić information content (AvgIpc) is 2.95. The normalized spacial score (nSPS) is 11.8. The Morgan fingerprint density at radius 3 is 2.89 bits per heavy atom. The predicted molar refractivity (Wildman–Crippen MR) is 71.4 cm³/mol. The summed E-state index contributed by atoms with van der Waals surface area (Å²) in [4.78, 5) is 0. The molecule has 0 fully saturated rings. The number of sulfonamides is 1. The van der Waals surface area contributed by atoms with Crippen LogP contribution in [-0.2, 0) is 16.6 Å². The van der Waals surface area contributed by atoms with Crippen LogP contribution in [0, 0.1) is 0 Å². The summed E-state index contributed by atoms with van der Waals surface area (Å²) in [5, 5.41) is 4.04. The van der Waals surface area contributed by atoms with Crippen LogP contribution in [0.4, 0.5) is 0 Å². The molecule has 0 saturated carbocycles. The number of hydrogen-bond acceptors (Lipinski definition) is 4. The van der Waals surface area contributed by atoms with Gasteiger partial charge in [0.15, 0.2) is 0 Å². The fraction of sp³-hybridized carbons (Fsp3) is 0.300. The molecule has 2 aromatic heterocycles. The highest BCUT2D eigenvalue weighted by Gasteiger charge is 2.15. The van der Waals surface area contributed by atoms with Crippen LogP contribution >= 0.6 is 22.9 Å². The Balaban J connectivity index is 1.82. The minimum Gasteiger partial charge on any atom is -0.273 e. The molecule has 0 aromatic carbocycles. The molecule has 0 bridgehead atoms. The fourth-order valence-electron chi connectivity index (χ4n) is 1.39. The molecule has 0 aliphatic carbocycles. The maximum absolute atomic E-state index is 11.8. The highest BCUT2D eigenvalue weighted by Crippen LogP contribution is 2.25. The third-order valence-corrected chi connectivity index (χ3v) is 5.41. The van der Waals surface area contributed by atoms with E-state index in [9.17, 15) is 8.42 Å². The highest BCUT2D eigenvalue weighted by atomic mass is 35.5. The Labute approximate surface area is 114 Å². The summed E-state index contributed by atoms with van der Waals surface area (Å²) in [6, 6.07) is 4.91. The second-order valence-electron chi connectivity index (χ2n) is 3.58. The van der Waals surface area contributed by atoms with Crippen molar-refractivity contribution in [3.05, 3.63) is 34.9 Å². The quantitative estimate of drug-likeness (QED) is 0.830. The second kappa shape index (κ2) is 5.83. The number of hydrogen-bond donors (Lipinski definition) is 1. The van der Waals surface area contributed by atoms with Crippen molar-refractivity contribution < 1.29 is 8.42 Å². The molecule has 0 aliphatic rings. The van der Waals surface area contributed by atoms with Gasteiger partial charge in [-0.25, -0.2) is 13.1 Å². The van der Waals surface area contributed by atoms with Gasteiger partial charge in [-0.1, -0.05) is 11.6 Å². The molecule has 0 atom stereocenters. The molecule has 0 amide bonds. The first-order chi connectivity index (χ1) is 8.58. The van der Waals surface area contributed by atoms with Gasteiger partial charge in [-0.3, -0.25) is 4.68 Å². The molecule has 2 heterocycles. The number of halogens is 1. The standard InChI is InChI=1S/C10H12ClN3O2S2/c11-9-3-4-10(17-9)18(15,16)13-6-2-8-14-7-1-5-12-14/h1,3-5,7,13H,2,6,8H2. The van der Waals surface area contributed by atoms with Crippen molar-refractivity contribution in [2.75, 3.05) is 6.54 Å². The van der Waals surface area contributed by atoms with E-state index in [2.05, 4.69) is 9.82 Å². The summed E-state index contributed by atoms with van der Waals surface area (Å²) in [7, 11) is -3.43. The summed E-state index contributed by atoms with van der Waals surface area (Å²) in [5.41, 5.74) is 0. The zero-order valence-corrected chi connectivity index (χ0v) is 11.8. The third-order valence-electron chi connectivity index (χ3n) is 2.23. The van der Waals surface area contributed by atoms with Gasteiger partial charge in [0.05, 0.1) is 4.34 Å². The molecule has 2 aromatic rings. The van der Waals surface area contributed by atoms with Crippen molar-refractivity contribution in [2.24, 2.45) is 0 Å². The van der Waals surface area contributed by atoms with Crippen molar-refractivity contribution >= 4 is 33.0 Å². The first kappa shape index (κ1) is 13.5. The lowest BCUT2D eigenvalue weighted by atomic mass is 10.4. The Morgan fingerprint density at radius 2 is 2.28 bits per heavy atom. The van der Waals surface area contributed by atoms with Gasteiger partial charge in [0.2, 0.25) is 10.0 Å². The maximum atomic E-state index is 11.8. The Kier molecular flexibility index (Phi) is 4.39. The Hall–Kier alpha value is -0.890. The molecule has 1 N–H and O–H groups in total. The van der Waals surface area contributed by atoms with Gasteiger partial charge in [-0.05, 0) is 24.6 Å². The Bertz CT molecular complexity index is 592. The minimum atomic E-state index is -3.43. The zero-order valence-electron chi connectivity index (χ0n) is 9.41. The Morgan fingerprint density at radius 1 is 1.44 bits per heavy atom. The lowest BCUT2D eigenvalue weighted by Gasteiger charge is -2.04. The lowest BCUT2D eigenvalue weighted by molar-refractivity contribution is 0.554. The van der Waals surface area contributed by atoms with Crippen molar-refractivity contribution in [1.29, 1.82) is 0 Å². The molecule has 0 saturated heterocycles. The SMILES string of the molecule is O=S(=O)(NCCCn1cccn1)c1ccc(Cl)s1. The fourth-order valence-corrected chi connectivity index (χ4v) is 3.99. The van der Waals surface area contributed by atoms with Crippen LogP contribution in [0.1, 0.15) is 6.42 Å². The summed E-state index contributed by atoms with van der Waals surface area (Å²) < 4.78 is 28.7. The molecular formula is C10H12ClN3O2S2. The van der Waals surface area contributed by atoms with Crippen molar-refractivity contribution in [2.45, 2.75) is 17.2 Å². The summed E-state index contributed by atoms with van der Waals surface area (Å²) in [6.45, 7) is 1.05. The van der Waals surface area contributed by atoms with Crippen molar-refractivity contribution in [1.82, 2.24) is 14.5 Å². The van der Waals surface area contributed by atoms with Crippen LogP contribution in [0.15, 0.2) is 34.8 Å². The third kappa shape index (κ3) is 3.55. The van der Waals surface area contributed by atoms with Gasteiger partial charge in [-0.2, -0.15) is 5.10 Å². The van der Waals surface area contributed by atoms with Crippen molar-refractivity contribution in [3.8, 4) is 0 Å². The van der Waals surface area contributed by atoms with Crippen LogP contribution in [0.5, 0.6) is 0 Å². The van der Waals surface area contributed by atoms with E-state index in [4.69, 9.17) is 11.6 Å². The van der Waals surface area contributed by atoms with E-state index in [0.717, 1.165) is 11.3 Å². The molecule has 0 radical (unpaired) electrons. The molecule has 0 spiro atoms. The van der Waals surface area contributed by atoms with E-state index in [1.165, 1.54) is 6.07 Å². The molecule has 0 unspecified atom stereocenters. The highest BCUT2D eigenvalue weighted by molar-refractivity contribution is 7.91. The maximum Gasteiger partial charge on any atom is 0.250 e. The van der Waals surface area contributed by atoms with Gasteiger partial charge < -0.3 is 0 Å².